The SMILES string of the molecule is NC(=O)C1(N2CCCCC2)CCN(C(=O)CSc2nnc(-c3cccnc3)n2C2CCCCC2)CC1. The van der Waals surface area contributed by atoms with Crippen LogP contribution in [0.5, 0.6) is 0 Å². The Kier molecular flexibility index (Phi) is 7.90. The normalized spacial score (nSPS) is 21.4. The number of nitrogens with zero attached hydrogens (tertiary/aromatic N) is 6. The molecule has 1 saturated carbocycles. The Morgan fingerprint density at radius 2 is 1.72 bits per heavy atom. The van der Waals surface area contributed by atoms with Crippen LogP contribution < -0.4 is 5.73 Å². The van der Waals surface area contributed by atoms with Gasteiger partial charge in [0.15, 0.2) is 11.0 Å². The van der Waals surface area contributed by atoms with Crippen molar-refractivity contribution in [3.8, 4) is 11.4 Å². The van der Waals surface area contributed by atoms with Crippen molar-refractivity contribution in [2.75, 3.05) is 31.9 Å². The van der Waals surface area contributed by atoms with E-state index < -0.39 is 5.54 Å². The third kappa shape index (κ3) is 5.16. The number of nitrogens with two attached hydrogens (primary N) is 1. The van der Waals surface area contributed by atoms with E-state index in [1.165, 1.54) is 37.4 Å². The molecule has 4 heterocycles. The number of piperidine rings is 2. The van der Waals surface area contributed by atoms with Crippen molar-refractivity contribution in [1.29, 1.82) is 0 Å². The molecule has 2 saturated heterocycles. The van der Waals surface area contributed by atoms with Crippen LogP contribution in [-0.2, 0) is 9.59 Å². The summed E-state index contributed by atoms with van der Waals surface area (Å²) in [7, 11) is 0. The summed E-state index contributed by atoms with van der Waals surface area (Å²) in [5, 5.41) is 9.81. The second-order valence-electron chi connectivity index (χ2n) is 10.3. The molecule has 2 amide bonds. The Bertz CT molecular complexity index is 1040. The second kappa shape index (κ2) is 11.3. The van der Waals surface area contributed by atoms with E-state index in [-0.39, 0.29) is 11.8 Å². The van der Waals surface area contributed by atoms with Crippen molar-refractivity contribution in [2.45, 2.75) is 80.9 Å². The number of pyridine rings is 1. The molecule has 3 fully saturated rings. The number of likely N-dealkylation sites (tertiary alicyclic amines) is 2. The van der Waals surface area contributed by atoms with Gasteiger partial charge in [0.2, 0.25) is 11.8 Å². The summed E-state index contributed by atoms with van der Waals surface area (Å²) in [5.74, 6) is 0.980. The fourth-order valence-electron chi connectivity index (χ4n) is 6.12. The van der Waals surface area contributed by atoms with Crippen molar-refractivity contribution < 1.29 is 9.59 Å². The Hall–Kier alpha value is -2.46. The van der Waals surface area contributed by atoms with Gasteiger partial charge in [-0.1, -0.05) is 37.4 Å². The molecule has 194 valence electrons. The predicted molar refractivity (Wildman–Crippen MR) is 139 cm³/mol. The first-order valence-corrected chi connectivity index (χ1v) is 14.4. The lowest BCUT2D eigenvalue weighted by Gasteiger charge is -2.48. The van der Waals surface area contributed by atoms with E-state index in [9.17, 15) is 9.59 Å². The zero-order chi connectivity index (χ0) is 25.0. The van der Waals surface area contributed by atoms with Crippen LogP contribution in [0.4, 0.5) is 0 Å². The van der Waals surface area contributed by atoms with Crippen molar-refractivity contribution in [1.82, 2.24) is 29.5 Å². The lowest BCUT2D eigenvalue weighted by atomic mass is 9.83. The van der Waals surface area contributed by atoms with Crippen LogP contribution in [0.1, 0.15) is 70.3 Å². The number of aromatic nitrogens is 4. The van der Waals surface area contributed by atoms with Gasteiger partial charge in [0.1, 0.15) is 5.54 Å². The number of carbonyl (C=O) groups excluding carboxylic acids is 2. The Labute approximate surface area is 217 Å². The zero-order valence-corrected chi connectivity index (χ0v) is 21.8. The van der Waals surface area contributed by atoms with Crippen molar-refractivity contribution in [3.63, 3.8) is 0 Å². The lowest BCUT2D eigenvalue weighted by molar-refractivity contribution is -0.140. The maximum atomic E-state index is 13.2. The molecule has 0 radical (unpaired) electrons. The highest BCUT2D eigenvalue weighted by Gasteiger charge is 2.45. The third-order valence-electron chi connectivity index (χ3n) is 8.21. The first-order valence-electron chi connectivity index (χ1n) is 13.4. The minimum Gasteiger partial charge on any atom is -0.368 e. The zero-order valence-electron chi connectivity index (χ0n) is 21.0. The van der Waals surface area contributed by atoms with Crippen LogP contribution in [0.3, 0.4) is 0 Å². The maximum Gasteiger partial charge on any atom is 0.238 e. The van der Waals surface area contributed by atoms with Gasteiger partial charge < -0.3 is 10.6 Å². The highest BCUT2D eigenvalue weighted by Crippen LogP contribution is 2.36. The van der Waals surface area contributed by atoms with Gasteiger partial charge in [-0.2, -0.15) is 0 Å². The monoisotopic (exact) mass is 511 g/mol. The highest BCUT2D eigenvalue weighted by molar-refractivity contribution is 7.99. The highest BCUT2D eigenvalue weighted by atomic mass is 32.2. The molecule has 10 heteroatoms. The smallest absolute Gasteiger partial charge is 0.238 e. The van der Waals surface area contributed by atoms with Crippen LogP contribution in [0.2, 0.25) is 0 Å². The first-order chi connectivity index (χ1) is 17.6. The van der Waals surface area contributed by atoms with Gasteiger partial charge in [-0.05, 0) is 63.7 Å². The summed E-state index contributed by atoms with van der Waals surface area (Å²) in [5.41, 5.74) is 6.26. The molecule has 1 aliphatic carbocycles. The first kappa shape index (κ1) is 25.2. The molecule has 2 N–H and O–H groups in total. The molecule has 2 aromatic heterocycles. The molecule has 3 aliphatic rings. The van der Waals surface area contributed by atoms with Gasteiger partial charge in [0.05, 0.1) is 5.75 Å². The van der Waals surface area contributed by atoms with Crippen LogP contribution in [0, 0.1) is 0 Å². The number of hydrogen-bond donors (Lipinski definition) is 1. The molecule has 5 rings (SSSR count). The average Bonchev–Trinajstić information content (AvgIpc) is 3.37. The third-order valence-corrected chi connectivity index (χ3v) is 9.14. The average molecular weight is 512 g/mol. The largest absolute Gasteiger partial charge is 0.368 e. The van der Waals surface area contributed by atoms with E-state index in [2.05, 4.69) is 24.6 Å². The lowest BCUT2D eigenvalue weighted by Crippen LogP contribution is -2.63. The van der Waals surface area contributed by atoms with E-state index in [1.54, 1.807) is 6.20 Å². The number of hydrogen-bond acceptors (Lipinski definition) is 7. The topological polar surface area (TPSA) is 110 Å². The summed E-state index contributed by atoms with van der Waals surface area (Å²) < 4.78 is 2.23. The molecule has 9 nitrogen and oxygen atoms in total. The molecule has 0 bridgehead atoms. The van der Waals surface area contributed by atoms with Crippen LogP contribution >= 0.6 is 11.8 Å². The minimum atomic E-state index is -0.607. The predicted octanol–water partition coefficient (Wildman–Crippen LogP) is 3.27. The minimum absolute atomic E-state index is 0.0813. The van der Waals surface area contributed by atoms with Gasteiger partial charge in [0.25, 0.3) is 0 Å². The van der Waals surface area contributed by atoms with E-state index in [1.807, 2.05) is 23.2 Å². The van der Waals surface area contributed by atoms with Crippen molar-refractivity contribution in [2.24, 2.45) is 5.73 Å². The second-order valence-corrected chi connectivity index (χ2v) is 11.3. The maximum absolute atomic E-state index is 13.2. The molecule has 2 aliphatic heterocycles. The Balaban J connectivity index is 1.25. The molecular formula is C26H37N7O2S. The fourth-order valence-corrected chi connectivity index (χ4v) is 7.03. The Morgan fingerprint density at radius 3 is 2.39 bits per heavy atom. The Morgan fingerprint density at radius 1 is 1.00 bits per heavy atom. The number of thioether (sulfide) groups is 1. The van der Waals surface area contributed by atoms with Crippen molar-refractivity contribution >= 4 is 23.6 Å². The molecule has 0 unspecified atom stereocenters. The van der Waals surface area contributed by atoms with Crippen LogP contribution in [0.25, 0.3) is 11.4 Å². The van der Waals surface area contributed by atoms with E-state index in [0.29, 0.717) is 37.7 Å². The number of amides is 2. The van der Waals surface area contributed by atoms with Gasteiger partial charge in [0, 0.05) is 37.1 Å². The van der Waals surface area contributed by atoms with Gasteiger partial charge in [-0.15, -0.1) is 10.2 Å². The summed E-state index contributed by atoms with van der Waals surface area (Å²) in [6.07, 6.45) is 14.1. The van der Waals surface area contributed by atoms with Gasteiger partial charge in [-0.25, -0.2) is 0 Å². The van der Waals surface area contributed by atoms with Gasteiger partial charge >= 0.3 is 0 Å². The summed E-state index contributed by atoms with van der Waals surface area (Å²) in [6, 6.07) is 4.27. The molecular weight excluding hydrogens is 474 g/mol. The van der Waals surface area contributed by atoms with E-state index >= 15 is 0 Å². The number of carbonyl (C=O) groups is 2. The van der Waals surface area contributed by atoms with Gasteiger partial charge in [-0.3, -0.25) is 24.0 Å². The standard InChI is InChI=1S/C26H37N7O2S/c27-24(35)26(32-14-5-2-6-15-32)11-16-31(17-12-26)22(34)19-36-25-30-29-23(20-8-7-13-28-18-20)33(25)21-9-3-1-4-10-21/h7-8,13,18,21H,1-6,9-12,14-17,19H2,(H2,27,35). The fraction of sp³-hybridized carbons (Fsp3) is 0.654. The molecule has 2 aromatic rings. The quantitative estimate of drug-likeness (QED) is 0.568. The van der Waals surface area contributed by atoms with Crippen molar-refractivity contribution in [3.05, 3.63) is 24.5 Å². The molecule has 0 atom stereocenters. The number of rotatable bonds is 7. The molecule has 0 spiro atoms. The van der Waals surface area contributed by atoms with Crippen LogP contribution in [0.15, 0.2) is 29.7 Å². The van der Waals surface area contributed by atoms with E-state index in [4.69, 9.17) is 5.73 Å². The van der Waals surface area contributed by atoms with Crippen LogP contribution in [-0.4, -0.2) is 78.8 Å². The molecule has 36 heavy (non-hydrogen) atoms. The summed E-state index contributed by atoms with van der Waals surface area (Å²) in [4.78, 5) is 34.2. The summed E-state index contributed by atoms with van der Waals surface area (Å²) in [6.45, 7) is 2.97. The molecule has 0 aromatic carbocycles. The van der Waals surface area contributed by atoms with E-state index in [0.717, 1.165) is 55.3 Å². The number of primary amides is 1. The summed E-state index contributed by atoms with van der Waals surface area (Å²) >= 11 is 1.47.